The van der Waals surface area contributed by atoms with Crippen molar-refractivity contribution in [2.75, 3.05) is 37.7 Å². The minimum atomic E-state index is 0.203. The molecule has 2 rings (SSSR count). The lowest BCUT2D eigenvalue weighted by atomic mass is 10.2. The fraction of sp³-hybridized carbons (Fsp3) is 0.500. The van der Waals surface area contributed by atoms with Crippen LogP contribution in [0.3, 0.4) is 0 Å². The molecule has 0 saturated carbocycles. The first-order valence-electron chi connectivity index (χ1n) is 6.65. The third-order valence-electron chi connectivity index (χ3n) is 3.33. The molecule has 4 nitrogen and oxygen atoms in total. The van der Waals surface area contributed by atoms with E-state index < -0.39 is 0 Å². The van der Waals surface area contributed by atoms with Crippen LogP contribution in [-0.4, -0.2) is 42.7 Å². The Morgan fingerprint density at radius 2 is 2.26 bits per heavy atom. The molecule has 1 aliphatic rings. The maximum Gasteiger partial charge on any atom is 0.232 e. The van der Waals surface area contributed by atoms with Gasteiger partial charge in [-0.3, -0.25) is 4.79 Å². The van der Waals surface area contributed by atoms with Gasteiger partial charge in [0.1, 0.15) is 0 Å². The first-order chi connectivity index (χ1) is 9.18. The lowest BCUT2D eigenvalue weighted by molar-refractivity contribution is -0.128. The second-order valence-electron chi connectivity index (χ2n) is 4.76. The van der Waals surface area contributed by atoms with Crippen molar-refractivity contribution in [2.45, 2.75) is 18.2 Å². The normalized spacial score (nSPS) is 16.2. The van der Waals surface area contributed by atoms with Crippen LogP contribution in [-0.2, 0) is 4.79 Å². The van der Waals surface area contributed by atoms with Crippen molar-refractivity contribution in [3.05, 3.63) is 23.8 Å². The van der Waals surface area contributed by atoms with Gasteiger partial charge in [0.25, 0.3) is 0 Å². The van der Waals surface area contributed by atoms with Crippen LogP contribution in [0.4, 0.5) is 5.69 Å². The van der Waals surface area contributed by atoms with Crippen LogP contribution < -0.4 is 11.1 Å². The molecule has 1 aromatic carbocycles. The molecule has 0 atom stereocenters. The van der Waals surface area contributed by atoms with Crippen molar-refractivity contribution in [2.24, 2.45) is 0 Å². The highest BCUT2D eigenvalue weighted by Gasteiger charge is 2.15. The van der Waals surface area contributed by atoms with E-state index in [1.807, 2.05) is 30.0 Å². The fourth-order valence-electron chi connectivity index (χ4n) is 2.11. The van der Waals surface area contributed by atoms with E-state index in [1.165, 1.54) is 11.8 Å². The highest BCUT2D eigenvalue weighted by molar-refractivity contribution is 8.00. The lowest BCUT2D eigenvalue weighted by Gasteiger charge is -2.19. The number of para-hydroxylation sites is 1. The predicted octanol–water partition coefficient (Wildman–Crippen LogP) is 1.49. The first kappa shape index (κ1) is 14.2. The third-order valence-corrected chi connectivity index (χ3v) is 4.39. The molecule has 1 fully saturated rings. The number of carbonyl (C=O) groups excluding carboxylic acids is 1. The Labute approximate surface area is 118 Å². The van der Waals surface area contributed by atoms with E-state index in [0.717, 1.165) is 48.7 Å². The number of aryl methyl sites for hydroxylation is 1. The molecule has 3 N–H and O–H groups in total. The van der Waals surface area contributed by atoms with Gasteiger partial charge in [0.15, 0.2) is 0 Å². The Balaban J connectivity index is 1.90. The van der Waals surface area contributed by atoms with E-state index in [0.29, 0.717) is 5.75 Å². The van der Waals surface area contributed by atoms with Gasteiger partial charge >= 0.3 is 0 Å². The molecular formula is C14H21N3OS. The maximum atomic E-state index is 12.2. The van der Waals surface area contributed by atoms with Crippen LogP contribution in [0.25, 0.3) is 0 Å². The minimum absolute atomic E-state index is 0.203. The molecule has 0 radical (unpaired) electrons. The lowest BCUT2D eigenvalue weighted by Crippen LogP contribution is -2.35. The number of nitrogens with zero attached hydrogens (tertiary/aromatic N) is 1. The summed E-state index contributed by atoms with van der Waals surface area (Å²) in [4.78, 5) is 15.1. The number of anilines is 1. The molecule has 1 aliphatic heterocycles. The van der Waals surface area contributed by atoms with E-state index in [2.05, 4.69) is 5.32 Å². The van der Waals surface area contributed by atoms with Gasteiger partial charge in [-0.1, -0.05) is 12.1 Å². The zero-order valence-corrected chi connectivity index (χ0v) is 12.1. The smallest absolute Gasteiger partial charge is 0.232 e. The van der Waals surface area contributed by atoms with Crippen LogP contribution in [0.1, 0.15) is 12.0 Å². The summed E-state index contributed by atoms with van der Waals surface area (Å²) >= 11 is 1.53. The molecular weight excluding hydrogens is 258 g/mol. The quantitative estimate of drug-likeness (QED) is 0.650. The number of nitrogens with one attached hydrogen (secondary N) is 1. The monoisotopic (exact) mass is 279 g/mol. The molecule has 0 bridgehead atoms. The van der Waals surface area contributed by atoms with E-state index in [9.17, 15) is 4.79 Å². The van der Waals surface area contributed by atoms with E-state index >= 15 is 0 Å². The summed E-state index contributed by atoms with van der Waals surface area (Å²) in [6.45, 7) is 5.55. The molecule has 0 aliphatic carbocycles. The molecule has 0 aromatic heterocycles. The predicted molar refractivity (Wildman–Crippen MR) is 80.4 cm³/mol. The molecule has 104 valence electrons. The summed E-state index contributed by atoms with van der Waals surface area (Å²) in [5.41, 5.74) is 7.87. The molecule has 1 saturated heterocycles. The molecule has 1 aromatic rings. The zero-order valence-electron chi connectivity index (χ0n) is 11.3. The standard InChI is InChI=1S/C14H21N3OS/c1-11-4-2-5-12(14(11)15)19-10-13(18)17-8-3-6-16-7-9-17/h2,4-5,16H,3,6-10,15H2,1H3. The Morgan fingerprint density at radius 1 is 1.42 bits per heavy atom. The number of rotatable bonds is 3. The highest BCUT2D eigenvalue weighted by atomic mass is 32.2. The van der Waals surface area contributed by atoms with Crippen molar-refractivity contribution in [3.8, 4) is 0 Å². The van der Waals surface area contributed by atoms with Gasteiger partial charge < -0.3 is 16.0 Å². The number of hydrogen-bond acceptors (Lipinski definition) is 4. The summed E-state index contributed by atoms with van der Waals surface area (Å²) in [5.74, 6) is 0.669. The second kappa shape index (κ2) is 6.82. The van der Waals surface area contributed by atoms with Crippen LogP contribution in [0.5, 0.6) is 0 Å². The summed E-state index contributed by atoms with van der Waals surface area (Å²) in [6, 6.07) is 5.94. The second-order valence-corrected chi connectivity index (χ2v) is 5.78. The first-order valence-corrected chi connectivity index (χ1v) is 7.63. The Kier molecular flexibility index (Phi) is 5.10. The summed E-state index contributed by atoms with van der Waals surface area (Å²) in [5, 5.41) is 3.30. The number of nitrogens with two attached hydrogens (primary N) is 1. The van der Waals surface area contributed by atoms with E-state index in [1.54, 1.807) is 0 Å². The van der Waals surface area contributed by atoms with Crippen LogP contribution >= 0.6 is 11.8 Å². The summed E-state index contributed by atoms with van der Waals surface area (Å²) in [6.07, 6.45) is 1.03. The average molecular weight is 279 g/mol. The van der Waals surface area contributed by atoms with Gasteiger partial charge in [-0.05, 0) is 31.5 Å². The summed E-state index contributed by atoms with van der Waals surface area (Å²) in [7, 11) is 0. The Morgan fingerprint density at radius 3 is 3.11 bits per heavy atom. The highest BCUT2D eigenvalue weighted by Crippen LogP contribution is 2.27. The van der Waals surface area contributed by atoms with Crippen molar-refractivity contribution in [1.82, 2.24) is 10.2 Å². The maximum absolute atomic E-state index is 12.2. The molecule has 0 unspecified atom stereocenters. The van der Waals surface area contributed by atoms with E-state index in [-0.39, 0.29) is 5.91 Å². The zero-order chi connectivity index (χ0) is 13.7. The number of thioether (sulfide) groups is 1. The van der Waals surface area contributed by atoms with Gasteiger partial charge in [0, 0.05) is 30.2 Å². The van der Waals surface area contributed by atoms with Gasteiger partial charge in [-0.15, -0.1) is 11.8 Å². The molecule has 1 heterocycles. The van der Waals surface area contributed by atoms with Gasteiger partial charge in [-0.25, -0.2) is 0 Å². The minimum Gasteiger partial charge on any atom is -0.398 e. The van der Waals surface area contributed by atoms with Crippen LogP contribution in [0.15, 0.2) is 23.1 Å². The van der Waals surface area contributed by atoms with Crippen molar-refractivity contribution in [1.29, 1.82) is 0 Å². The number of carbonyl (C=O) groups is 1. The van der Waals surface area contributed by atoms with Gasteiger partial charge in [-0.2, -0.15) is 0 Å². The molecule has 0 spiro atoms. The molecule has 1 amide bonds. The van der Waals surface area contributed by atoms with Crippen LogP contribution in [0.2, 0.25) is 0 Å². The van der Waals surface area contributed by atoms with Crippen molar-refractivity contribution < 1.29 is 4.79 Å². The van der Waals surface area contributed by atoms with E-state index in [4.69, 9.17) is 5.73 Å². The number of benzene rings is 1. The topological polar surface area (TPSA) is 58.4 Å². The number of amides is 1. The molecule has 5 heteroatoms. The fourth-order valence-corrected chi connectivity index (χ4v) is 3.06. The Bertz CT molecular complexity index is 442. The number of nitrogen functional groups attached to an aromatic ring is 1. The third kappa shape index (κ3) is 3.88. The summed E-state index contributed by atoms with van der Waals surface area (Å²) < 4.78 is 0. The largest absolute Gasteiger partial charge is 0.398 e. The SMILES string of the molecule is Cc1cccc(SCC(=O)N2CCCNCC2)c1N. The van der Waals surface area contributed by atoms with Gasteiger partial charge in [0.2, 0.25) is 5.91 Å². The Hall–Kier alpha value is -1.20. The van der Waals surface area contributed by atoms with Crippen molar-refractivity contribution >= 4 is 23.4 Å². The van der Waals surface area contributed by atoms with Crippen LogP contribution in [0, 0.1) is 6.92 Å². The average Bonchev–Trinajstić information content (AvgIpc) is 2.69. The number of hydrogen-bond donors (Lipinski definition) is 2. The van der Waals surface area contributed by atoms with Gasteiger partial charge in [0.05, 0.1) is 5.75 Å². The van der Waals surface area contributed by atoms with Crippen molar-refractivity contribution in [3.63, 3.8) is 0 Å². The molecule has 19 heavy (non-hydrogen) atoms.